The normalized spacial score (nSPS) is 15.2. The number of benzene rings is 4. The topological polar surface area (TPSA) is 64.7 Å². The summed E-state index contributed by atoms with van der Waals surface area (Å²) in [6.07, 6.45) is 7.56. The Morgan fingerprint density at radius 3 is 1.10 bits per heavy atom. The van der Waals surface area contributed by atoms with Gasteiger partial charge in [-0.25, -0.2) is 0 Å². The van der Waals surface area contributed by atoms with Crippen LogP contribution >= 0.6 is 0 Å². The molecule has 2 heterocycles. The van der Waals surface area contributed by atoms with E-state index >= 15 is 0 Å². The lowest BCUT2D eigenvalue weighted by atomic mass is 10.0. The predicted molar refractivity (Wildman–Crippen MR) is 173 cm³/mol. The standard InChI is InChI=1S/C36H38N4O2/c41-35(37-31-15-19-33(20-16-31)39-23-3-1-4-24-39)29-11-7-27(8-12-29)28-9-13-30(14-10-28)36(42)38-32-17-21-34(22-18-32)40-25-5-2-6-26-40/h7-22H,1-6,23-26H2,(H,37,41)(H,38,42). The maximum Gasteiger partial charge on any atom is 0.255 e. The zero-order chi connectivity index (χ0) is 28.7. The van der Waals surface area contributed by atoms with Crippen LogP contribution in [0.15, 0.2) is 97.1 Å². The summed E-state index contributed by atoms with van der Waals surface area (Å²) in [5, 5.41) is 6.01. The van der Waals surface area contributed by atoms with Gasteiger partial charge in [-0.2, -0.15) is 0 Å². The summed E-state index contributed by atoms with van der Waals surface area (Å²) < 4.78 is 0. The number of hydrogen-bond donors (Lipinski definition) is 2. The lowest BCUT2D eigenvalue weighted by Crippen LogP contribution is -2.29. The molecule has 0 atom stereocenters. The molecular weight excluding hydrogens is 520 g/mol. The van der Waals surface area contributed by atoms with Crippen molar-refractivity contribution >= 4 is 34.6 Å². The highest BCUT2D eigenvalue weighted by molar-refractivity contribution is 6.05. The van der Waals surface area contributed by atoms with Gasteiger partial charge in [0.2, 0.25) is 0 Å². The summed E-state index contributed by atoms with van der Waals surface area (Å²) >= 11 is 0. The van der Waals surface area contributed by atoms with Gasteiger partial charge in [0.25, 0.3) is 11.8 Å². The lowest BCUT2D eigenvalue weighted by molar-refractivity contribution is 0.101. The molecule has 4 aromatic carbocycles. The monoisotopic (exact) mass is 558 g/mol. The number of hydrogen-bond acceptors (Lipinski definition) is 4. The molecular formula is C36H38N4O2. The first-order valence-electron chi connectivity index (χ1n) is 15.2. The van der Waals surface area contributed by atoms with Crippen molar-refractivity contribution < 1.29 is 9.59 Å². The van der Waals surface area contributed by atoms with E-state index in [0.29, 0.717) is 11.1 Å². The van der Waals surface area contributed by atoms with Crippen LogP contribution in [0.5, 0.6) is 0 Å². The Bertz CT molecular complexity index is 1370. The van der Waals surface area contributed by atoms with Crippen LogP contribution < -0.4 is 20.4 Å². The van der Waals surface area contributed by atoms with Crippen molar-refractivity contribution in [1.29, 1.82) is 0 Å². The summed E-state index contributed by atoms with van der Waals surface area (Å²) in [5.41, 5.74) is 7.16. The second kappa shape index (κ2) is 12.9. The highest BCUT2D eigenvalue weighted by atomic mass is 16.2. The van der Waals surface area contributed by atoms with Crippen molar-refractivity contribution in [3.8, 4) is 11.1 Å². The van der Waals surface area contributed by atoms with E-state index in [2.05, 4.69) is 44.7 Å². The number of rotatable bonds is 7. The molecule has 2 N–H and O–H groups in total. The van der Waals surface area contributed by atoms with Gasteiger partial charge in [0, 0.05) is 60.1 Å². The van der Waals surface area contributed by atoms with Crippen molar-refractivity contribution in [2.45, 2.75) is 38.5 Å². The predicted octanol–water partition coefficient (Wildman–Crippen LogP) is 7.84. The Morgan fingerprint density at radius 1 is 0.429 bits per heavy atom. The number of carbonyl (C=O) groups is 2. The van der Waals surface area contributed by atoms with Gasteiger partial charge in [0.05, 0.1) is 0 Å². The van der Waals surface area contributed by atoms with Crippen molar-refractivity contribution in [2.24, 2.45) is 0 Å². The quantitative estimate of drug-likeness (QED) is 0.243. The van der Waals surface area contributed by atoms with Crippen LogP contribution in [0.4, 0.5) is 22.7 Å². The second-order valence-corrected chi connectivity index (χ2v) is 11.3. The lowest BCUT2D eigenvalue weighted by Gasteiger charge is -2.28. The average Bonchev–Trinajstić information content (AvgIpc) is 3.06. The molecule has 2 aliphatic heterocycles. The Balaban J connectivity index is 1.03. The van der Waals surface area contributed by atoms with Crippen LogP contribution in [-0.4, -0.2) is 38.0 Å². The van der Waals surface area contributed by atoms with Gasteiger partial charge < -0.3 is 20.4 Å². The van der Waals surface area contributed by atoms with Crippen LogP contribution in [0.3, 0.4) is 0 Å². The molecule has 0 aliphatic carbocycles. The molecule has 0 spiro atoms. The van der Waals surface area contributed by atoms with E-state index in [1.807, 2.05) is 72.8 Å². The summed E-state index contributed by atoms with van der Waals surface area (Å²) in [6.45, 7) is 4.39. The number of carbonyl (C=O) groups excluding carboxylic acids is 2. The van der Waals surface area contributed by atoms with Crippen LogP contribution in [0, 0.1) is 0 Å². The first-order valence-corrected chi connectivity index (χ1v) is 15.2. The molecule has 6 nitrogen and oxygen atoms in total. The minimum Gasteiger partial charge on any atom is -0.372 e. The summed E-state index contributed by atoms with van der Waals surface area (Å²) in [7, 11) is 0. The van der Waals surface area contributed by atoms with Crippen molar-refractivity contribution in [3.63, 3.8) is 0 Å². The SMILES string of the molecule is O=C(Nc1ccc(N2CCCCC2)cc1)c1ccc(-c2ccc(C(=O)Nc3ccc(N4CCCCC4)cc3)cc2)cc1. The van der Waals surface area contributed by atoms with Crippen LogP contribution in [0.1, 0.15) is 59.2 Å². The van der Waals surface area contributed by atoms with Gasteiger partial charge in [-0.1, -0.05) is 24.3 Å². The largest absolute Gasteiger partial charge is 0.372 e. The van der Waals surface area contributed by atoms with Crippen LogP contribution in [0.25, 0.3) is 11.1 Å². The average molecular weight is 559 g/mol. The van der Waals surface area contributed by atoms with Gasteiger partial charge in [0.15, 0.2) is 0 Å². The summed E-state index contributed by atoms with van der Waals surface area (Å²) in [6, 6.07) is 31.3. The number of nitrogens with one attached hydrogen (secondary N) is 2. The fourth-order valence-corrected chi connectivity index (χ4v) is 5.85. The van der Waals surface area contributed by atoms with Crippen LogP contribution in [-0.2, 0) is 0 Å². The van der Waals surface area contributed by atoms with Gasteiger partial charge in [0.1, 0.15) is 0 Å². The molecule has 6 rings (SSSR count). The maximum atomic E-state index is 12.8. The highest BCUT2D eigenvalue weighted by Crippen LogP contribution is 2.25. The molecule has 2 amide bonds. The van der Waals surface area contributed by atoms with Gasteiger partial charge in [-0.05, 0) is 122 Å². The third kappa shape index (κ3) is 6.65. The van der Waals surface area contributed by atoms with Crippen molar-refractivity contribution in [1.82, 2.24) is 0 Å². The van der Waals surface area contributed by atoms with Gasteiger partial charge in [-0.15, -0.1) is 0 Å². The zero-order valence-electron chi connectivity index (χ0n) is 24.0. The second-order valence-electron chi connectivity index (χ2n) is 11.3. The third-order valence-electron chi connectivity index (χ3n) is 8.32. The minimum atomic E-state index is -0.136. The number of amides is 2. The van der Waals surface area contributed by atoms with E-state index < -0.39 is 0 Å². The first kappa shape index (κ1) is 27.6. The summed E-state index contributed by atoms with van der Waals surface area (Å²) in [5.74, 6) is -0.272. The molecule has 0 saturated carbocycles. The molecule has 0 bridgehead atoms. The smallest absolute Gasteiger partial charge is 0.255 e. The van der Waals surface area contributed by atoms with Gasteiger partial charge >= 0.3 is 0 Å². The zero-order valence-corrected chi connectivity index (χ0v) is 24.0. The molecule has 2 aliphatic rings. The molecule has 2 fully saturated rings. The van der Waals surface area contributed by atoms with E-state index in [4.69, 9.17) is 0 Å². The van der Waals surface area contributed by atoms with E-state index in [0.717, 1.165) is 48.7 Å². The Morgan fingerprint density at radius 2 is 0.762 bits per heavy atom. The fourth-order valence-electron chi connectivity index (χ4n) is 5.85. The van der Waals surface area contributed by atoms with Crippen LogP contribution in [0.2, 0.25) is 0 Å². The fraction of sp³-hybridized carbons (Fsp3) is 0.278. The molecule has 214 valence electrons. The van der Waals surface area contributed by atoms with E-state index in [9.17, 15) is 9.59 Å². The first-order chi connectivity index (χ1) is 20.6. The summed E-state index contributed by atoms with van der Waals surface area (Å²) in [4.78, 5) is 30.5. The number of anilines is 4. The third-order valence-corrected chi connectivity index (χ3v) is 8.32. The molecule has 0 radical (unpaired) electrons. The number of piperidine rings is 2. The molecule has 0 aromatic heterocycles. The highest BCUT2D eigenvalue weighted by Gasteiger charge is 2.13. The Hall–Kier alpha value is -4.58. The van der Waals surface area contributed by atoms with Crippen molar-refractivity contribution in [2.75, 3.05) is 46.6 Å². The van der Waals surface area contributed by atoms with E-state index in [-0.39, 0.29) is 11.8 Å². The van der Waals surface area contributed by atoms with E-state index in [1.54, 1.807) is 0 Å². The minimum absolute atomic E-state index is 0.136. The van der Waals surface area contributed by atoms with E-state index in [1.165, 1.54) is 49.9 Å². The molecule has 2 saturated heterocycles. The molecule has 42 heavy (non-hydrogen) atoms. The molecule has 6 heteroatoms. The molecule has 0 unspecified atom stereocenters. The number of nitrogens with zero attached hydrogens (tertiary/aromatic N) is 2. The van der Waals surface area contributed by atoms with Crippen molar-refractivity contribution in [3.05, 3.63) is 108 Å². The Labute approximate surface area is 248 Å². The maximum absolute atomic E-state index is 12.8. The molecule has 4 aromatic rings. The Kier molecular flexibility index (Phi) is 8.50. The van der Waals surface area contributed by atoms with Gasteiger partial charge in [-0.3, -0.25) is 9.59 Å².